The highest BCUT2D eigenvalue weighted by Crippen LogP contribution is 2.45. The summed E-state index contributed by atoms with van der Waals surface area (Å²) < 4.78 is 16.9. The molecule has 1 N–H and O–H groups in total. The monoisotopic (exact) mass is 356 g/mol. The summed E-state index contributed by atoms with van der Waals surface area (Å²) in [7, 11) is 1.60. The van der Waals surface area contributed by atoms with Gasteiger partial charge in [-0.25, -0.2) is 4.79 Å². The average Bonchev–Trinajstić information content (AvgIpc) is 3.02. The van der Waals surface area contributed by atoms with Gasteiger partial charge in [-0.05, 0) is 31.9 Å². The van der Waals surface area contributed by atoms with Crippen LogP contribution in [0.25, 0.3) is 17.0 Å². The summed E-state index contributed by atoms with van der Waals surface area (Å²) in [5.41, 5.74) is 4.77. The summed E-state index contributed by atoms with van der Waals surface area (Å²) in [4.78, 5) is 12.1. The Kier molecular flexibility index (Phi) is 4.92. The molecule has 26 heavy (non-hydrogen) atoms. The van der Waals surface area contributed by atoms with Gasteiger partial charge >= 0.3 is 5.97 Å². The number of hydrogen-bond acceptors (Lipinski definition) is 5. The summed E-state index contributed by atoms with van der Waals surface area (Å²) >= 11 is 0. The Labute approximate surface area is 152 Å². The number of fused-ring (bicyclic) bond motifs is 2. The number of esters is 1. The SMILES string of the molecule is CC=C(C)C(=O)OCc1c2c(c(OC)c3occ(C)c13)C=C[C@H](O)[C@@H]2C. The number of aryl methyl sites for hydroxylation is 1. The minimum Gasteiger partial charge on any atom is -0.492 e. The van der Waals surface area contributed by atoms with E-state index < -0.39 is 6.10 Å². The molecule has 1 aliphatic rings. The summed E-state index contributed by atoms with van der Waals surface area (Å²) in [5.74, 6) is 0.128. The van der Waals surface area contributed by atoms with E-state index in [2.05, 4.69) is 0 Å². The molecule has 0 amide bonds. The van der Waals surface area contributed by atoms with E-state index >= 15 is 0 Å². The van der Waals surface area contributed by atoms with Crippen molar-refractivity contribution < 1.29 is 23.8 Å². The predicted octanol–water partition coefficient (Wildman–Crippen LogP) is 4.25. The van der Waals surface area contributed by atoms with Crippen molar-refractivity contribution in [2.24, 2.45) is 0 Å². The van der Waals surface area contributed by atoms with E-state index in [0.29, 0.717) is 16.9 Å². The molecule has 2 aromatic rings. The fourth-order valence-electron chi connectivity index (χ4n) is 3.47. The van der Waals surface area contributed by atoms with Crippen molar-refractivity contribution >= 4 is 23.0 Å². The molecule has 0 aliphatic heterocycles. The molecule has 0 saturated carbocycles. The lowest BCUT2D eigenvalue weighted by atomic mass is 9.81. The number of hydrogen-bond donors (Lipinski definition) is 1. The second kappa shape index (κ2) is 7.00. The molecule has 0 bridgehead atoms. The number of ether oxygens (including phenoxy) is 2. The Morgan fingerprint density at radius 2 is 2.15 bits per heavy atom. The van der Waals surface area contributed by atoms with Crippen LogP contribution in [0.1, 0.15) is 48.9 Å². The van der Waals surface area contributed by atoms with Crippen LogP contribution in [0, 0.1) is 6.92 Å². The highest BCUT2D eigenvalue weighted by molar-refractivity contribution is 5.95. The van der Waals surface area contributed by atoms with Crippen LogP contribution in [0.4, 0.5) is 0 Å². The third-order valence-electron chi connectivity index (χ3n) is 5.08. The van der Waals surface area contributed by atoms with Crippen molar-refractivity contribution in [1.82, 2.24) is 0 Å². The van der Waals surface area contributed by atoms with Crippen LogP contribution < -0.4 is 4.74 Å². The molecule has 0 fully saturated rings. The molecule has 3 rings (SSSR count). The van der Waals surface area contributed by atoms with E-state index in [-0.39, 0.29) is 18.5 Å². The van der Waals surface area contributed by atoms with E-state index in [9.17, 15) is 9.90 Å². The smallest absolute Gasteiger partial charge is 0.333 e. The average molecular weight is 356 g/mol. The highest BCUT2D eigenvalue weighted by atomic mass is 16.5. The van der Waals surface area contributed by atoms with Gasteiger partial charge in [-0.2, -0.15) is 0 Å². The molecule has 1 heterocycles. The van der Waals surface area contributed by atoms with Gasteiger partial charge in [-0.1, -0.05) is 25.2 Å². The predicted molar refractivity (Wildman–Crippen MR) is 100 cm³/mol. The van der Waals surface area contributed by atoms with Crippen molar-refractivity contribution in [2.75, 3.05) is 7.11 Å². The van der Waals surface area contributed by atoms with Crippen LogP contribution >= 0.6 is 0 Å². The number of benzene rings is 1. The van der Waals surface area contributed by atoms with Crippen molar-refractivity contribution in [3.8, 4) is 5.75 Å². The third-order valence-corrected chi connectivity index (χ3v) is 5.08. The molecule has 5 heteroatoms. The number of rotatable bonds is 4. The third kappa shape index (κ3) is 2.82. The molecule has 0 radical (unpaired) electrons. The van der Waals surface area contributed by atoms with Gasteiger partial charge in [0.05, 0.1) is 19.5 Å². The van der Waals surface area contributed by atoms with Crippen molar-refractivity contribution in [3.05, 3.63) is 46.2 Å². The molecule has 0 saturated heterocycles. The summed E-state index contributed by atoms with van der Waals surface area (Å²) in [5, 5.41) is 11.2. The van der Waals surface area contributed by atoms with Gasteiger partial charge in [0.2, 0.25) is 0 Å². The number of furan rings is 1. The Balaban J connectivity index is 2.22. The summed E-state index contributed by atoms with van der Waals surface area (Å²) in [6, 6.07) is 0. The maximum absolute atomic E-state index is 12.1. The number of carbonyl (C=O) groups is 1. The number of methoxy groups -OCH3 is 1. The lowest BCUT2D eigenvalue weighted by Crippen LogP contribution is -2.20. The Morgan fingerprint density at radius 1 is 1.42 bits per heavy atom. The standard InChI is InChI=1S/C21H24O5/c1-6-11(2)21(23)26-10-15-17-12(3)9-25-20(17)19(24-5)14-7-8-16(22)13(4)18(14)15/h6-9,13,16,22H,10H2,1-5H3/t13-,16-/m0/s1. The van der Waals surface area contributed by atoms with Crippen LogP contribution in [-0.4, -0.2) is 24.3 Å². The van der Waals surface area contributed by atoms with Gasteiger partial charge in [0.1, 0.15) is 6.61 Å². The number of aliphatic hydroxyl groups excluding tert-OH is 1. The summed E-state index contributed by atoms with van der Waals surface area (Å²) in [6.07, 6.45) is 6.38. The van der Waals surface area contributed by atoms with Gasteiger partial charge in [-0.15, -0.1) is 0 Å². The molecule has 1 aliphatic carbocycles. The molecule has 1 aromatic heterocycles. The van der Waals surface area contributed by atoms with Gasteiger partial charge < -0.3 is 19.0 Å². The lowest BCUT2D eigenvalue weighted by molar-refractivity contribution is -0.140. The number of carbonyl (C=O) groups excluding carboxylic acids is 1. The van der Waals surface area contributed by atoms with E-state index in [1.165, 1.54) is 0 Å². The first-order chi connectivity index (χ1) is 12.4. The zero-order valence-electron chi connectivity index (χ0n) is 15.8. The number of allylic oxidation sites excluding steroid dienone is 1. The molecule has 2 atom stereocenters. The van der Waals surface area contributed by atoms with Gasteiger partial charge in [0.25, 0.3) is 0 Å². The minimum absolute atomic E-state index is 0.109. The molecule has 1 aromatic carbocycles. The molecule has 0 unspecified atom stereocenters. The van der Waals surface area contributed by atoms with E-state index in [4.69, 9.17) is 13.9 Å². The lowest BCUT2D eigenvalue weighted by Gasteiger charge is -2.28. The van der Waals surface area contributed by atoms with E-state index in [1.54, 1.807) is 39.4 Å². The molecule has 5 nitrogen and oxygen atoms in total. The Hall–Kier alpha value is -2.53. The van der Waals surface area contributed by atoms with E-state index in [0.717, 1.165) is 27.6 Å². The highest BCUT2D eigenvalue weighted by Gasteiger charge is 2.31. The first-order valence-corrected chi connectivity index (χ1v) is 8.67. The molecule has 138 valence electrons. The Bertz CT molecular complexity index is 916. The van der Waals surface area contributed by atoms with Gasteiger partial charge in [0.15, 0.2) is 11.3 Å². The minimum atomic E-state index is -0.608. The molecular weight excluding hydrogens is 332 g/mol. The van der Waals surface area contributed by atoms with Gasteiger partial charge in [-0.3, -0.25) is 0 Å². The van der Waals surface area contributed by atoms with Crippen LogP contribution in [0.15, 0.2) is 28.4 Å². The second-order valence-electron chi connectivity index (χ2n) is 6.65. The quantitative estimate of drug-likeness (QED) is 0.655. The second-order valence-corrected chi connectivity index (χ2v) is 6.65. The zero-order valence-corrected chi connectivity index (χ0v) is 15.8. The number of aliphatic hydroxyl groups is 1. The Morgan fingerprint density at radius 3 is 2.81 bits per heavy atom. The maximum atomic E-state index is 12.1. The van der Waals surface area contributed by atoms with Crippen LogP contribution in [-0.2, 0) is 16.1 Å². The fraction of sp³-hybridized carbons (Fsp3) is 0.381. The largest absolute Gasteiger partial charge is 0.492 e. The van der Waals surface area contributed by atoms with Gasteiger partial charge in [0, 0.05) is 28.0 Å². The first kappa shape index (κ1) is 18.3. The summed E-state index contributed by atoms with van der Waals surface area (Å²) in [6.45, 7) is 7.53. The molecule has 0 spiro atoms. The van der Waals surface area contributed by atoms with Crippen molar-refractivity contribution in [2.45, 2.75) is 46.3 Å². The van der Waals surface area contributed by atoms with Crippen LogP contribution in [0.2, 0.25) is 0 Å². The normalized spacial score (nSPS) is 19.5. The van der Waals surface area contributed by atoms with Crippen molar-refractivity contribution in [3.63, 3.8) is 0 Å². The van der Waals surface area contributed by atoms with E-state index in [1.807, 2.05) is 19.9 Å². The van der Waals surface area contributed by atoms with Crippen LogP contribution in [0.5, 0.6) is 5.75 Å². The fourth-order valence-corrected chi connectivity index (χ4v) is 3.47. The first-order valence-electron chi connectivity index (χ1n) is 8.67. The zero-order chi connectivity index (χ0) is 19.0. The molecular formula is C21H24O5. The maximum Gasteiger partial charge on any atom is 0.333 e. The van der Waals surface area contributed by atoms with Crippen LogP contribution in [0.3, 0.4) is 0 Å². The topological polar surface area (TPSA) is 68.9 Å². The van der Waals surface area contributed by atoms with Crippen molar-refractivity contribution in [1.29, 1.82) is 0 Å².